The van der Waals surface area contributed by atoms with E-state index < -0.39 is 12.0 Å². The number of aliphatic carboxylic acids is 1. The molecule has 0 fully saturated rings. The number of anilines is 1. The molecule has 0 amide bonds. The van der Waals surface area contributed by atoms with Gasteiger partial charge in [0, 0.05) is 11.6 Å². The van der Waals surface area contributed by atoms with Crippen LogP contribution >= 0.6 is 23.2 Å². The standard InChI is InChI=1S/C11H13Cl2NO2/c1-3-14(7(2)11(15)16)10-5-4-8(12)6-9(10)13/h4-7H,3H2,1-2H3,(H,15,16). The molecule has 0 spiro atoms. The summed E-state index contributed by atoms with van der Waals surface area (Å²) < 4.78 is 0. The van der Waals surface area contributed by atoms with Crippen LogP contribution in [-0.4, -0.2) is 23.7 Å². The second kappa shape index (κ2) is 5.41. The van der Waals surface area contributed by atoms with Gasteiger partial charge in [0.05, 0.1) is 10.7 Å². The minimum absolute atomic E-state index is 0.461. The van der Waals surface area contributed by atoms with Crippen LogP contribution in [-0.2, 0) is 4.79 Å². The molecule has 3 nitrogen and oxygen atoms in total. The van der Waals surface area contributed by atoms with Gasteiger partial charge in [-0.25, -0.2) is 4.79 Å². The molecule has 0 saturated heterocycles. The summed E-state index contributed by atoms with van der Waals surface area (Å²) in [4.78, 5) is 12.6. The number of nitrogens with zero attached hydrogens (tertiary/aromatic N) is 1. The van der Waals surface area contributed by atoms with E-state index in [1.165, 1.54) is 0 Å². The molecule has 0 aliphatic carbocycles. The van der Waals surface area contributed by atoms with Crippen LogP contribution in [0.5, 0.6) is 0 Å². The third kappa shape index (κ3) is 2.80. The zero-order valence-electron chi connectivity index (χ0n) is 9.08. The van der Waals surface area contributed by atoms with E-state index in [4.69, 9.17) is 28.3 Å². The highest BCUT2D eigenvalue weighted by atomic mass is 35.5. The highest BCUT2D eigenvalue weighted by Crippen LogP contribution is 2.29. The smallest absolute Gasteiger partial charge is 0.326 e. The van der Waals surface area contributed by atoms with Gasteiger partial charge in [-0.05, 0) is 32.0 Å². The van der Waals surface area contributed by atoms with Crippen LogP contribution in [0.15, 0.2) is 18.2 Å². The van der Waals surface area contributed by atoms with Crippen LogP contribution < -0.4 is 4.90 Å². The normalized spacial score (nSPS) is 12.2. The van der Waals surface area contributed by atoms with Gasteiger partial charge in [0.15, 0.2) is 0 Å². The predicted octanol–water partition coefficient (Wildman–Crippen LogP) is 3.29. The van der Waals surface area contributed by atoms with E-state index in [2.05, 4.69) is 0 Å². The summed E-state index contributed by atoms with van der Waals surface area (Å²) in [6.07, 6.45) is 0. The van der Waals surface area contributed by atoms with E-state index in [1.807, 2.05) is 6.92 Å². The molecule has 0 bridgehead atoms. The number of hydrogen-bond donors (Lipinski definition) is 1. The number of likely N-dealkylation sites (N-methyl/N-ethyl adjacent to an activating group) is 1. The molecule has 1 aromatic carbocycles. The highest BCUT2D eigenvalue weighted by molar-refractivity contribution is 6.36. The second-order valence-corrected chi connectivity index (χ2v) is 4.24. The summed E-state index contributed by atoms with van der Waals surface area (Å²) in [7, 11) is 0. The van der Waals surface area contributed by atoms with Crippen molar-refractivity contribution in [2.24, 2.45) is 0 Å². The first-order valence-electron chi connectivity index (χ1n) is 4.91. The van der Waals surface area contributed by atoms with Gasteiger partial charge in [0.2, 0.25) is 0 Å². The SMILES string of the molecule is CCN(c1ccc(Cl)cc1Cl)C(C)C(=O)O. The van der Waals surface area contributed by atoms with Crippen LogP contribution in [0.3, 0.4) is 0 Å². The van der Waals surface area contributed by atoms with Crippen molar-refractivity contribution >= 4 is 34.9 Å². The molecule has 0 aliphatic heterocycles. The largest absolute Gasteiger partial charge is 0.480 e. The van der Waals surface area contributed by atoms with Crippen molar-refractivity contribution in [3.05, 3.63) is 28.2 Å². The molecule has 0 aromatic heterocycles. The minimum Gasteiger partial charge on any atom is -0.480 e. The quantitative estimate of drug-likeness (QED) is 0.905. The lowest BCUT2D eigenvalue weighted by Gasteiger charge is -2.28. The second-order valence-electron chi connectivity index (χ2n) is 3.40. The Labute approximate surface area is 105 Å². The van der Waals surface area contributed by atoms with Gasteiger partial charge in [0.25, 0.3) is 0 Å². The van der Waals surface area contributed by atoms with Crippen LogP contribution in [0.4, 0.5) is 5.69 Å². The minimum atomic E-state index is -0.882. The Morgan fingerprint density at radius 1 is 1.50 bits per heavy atom. The molecule has 1 N–H and O–H groups in total. The average molecular weight is 262 g/mol. The van der Waals surface area contributed by atoms with Crippen molar-refractivity contribution in [3.8, 4) is 0 Å². The molecular weight excluding hydrogens is 249 g/mol. The Morgan fingerprint density at radius 2 is 2.12 bits per heavy atom. The number of carboxylic acids is 1. The molecule has 0 radical (unpaired) electrons. The Bertz CT molecular complexity index is 396. The van der Waals surface area contributed by atoms with E-state index in [0.29, 0.717) is 22.3 Å². The van der Waals surface area contributed by atoms with Gasteiger partial charge >= 0.3 is 5.97 Å². The number of halogens is 2. The van der Waals surface area contributed by atoms with Crippen molar-refractivity contribution in [3.63, 3.8) is 0 Å². The molecule has 1 aromatic rings. The first-order valence-corrected chi connectivity index (χ1v) is 5.67. The summed E-state index contributed by atoms with van der Waals surface area (Å²) in [5.41, 5.74) is 0.684. The van der Waals surface area contributed by atoms with Crippen LogP contribution in [0.2, 0.25) is 10.0 Å². The van der Waals surface area contributed by atoms with Gasteiger partial charge in [-0.3, -0.25) is 0 Å². The Kier molecular flexibility index (Phi) is 4.44. The Balaban J connectivity index is 3.08. The number of hydrogen-bond acceptors (Lipinski definition) is 2. The van der Waals surface area contributed by atoms with Crippen molar-refractivity contribution in [1.29, 1.82) is 0 Å². The van der Waals surface area contributed by atoms with E-state index in [1.54, 1.807) is 30.0 Å². The lowest BCUT2D eigenvalue weighted by atomic mass is 10.2. The molecule has 5 heteroatoms. The predicted molar refractivity (Wildman–Crippen MR) is 66.6 cm³/mol. The maximum atomic E-state index is 10.9. The van der Waals surface area contributed by atoms with Gasteiger partial charge in [-0.15, -0.1) is 0 Å². The molecule has 88 valence electrons. The Hall–Kier alpha value is -0.930. The number of carboxylic acid groups (broad SMARTS) is 1. The summed E-state index contributed by atoms with van der Waals surface area (Å²) in [6.45, 7) is 4.07. The first kappa shape index (κ1) is 13.1. The topological polar surface area (TPSA) is 40.5 Å². The number of benzene rings is 1. The van der Waals surface area contributed by atoms with E-state index in [0.717, 1.165) is 0 Å². The van der Waals surface area contributed by atoms with Crippen LogP contribution in [0, 0.1) is 0 Å². The van der Waals surface area contributed by atoms with Gasteiger partial charge in [0.1, 0.15) is 6.04 Å². The maximum Gasteiger partial charge on any atom is 0.326 e. The molecule has 1 atom stereocenters. The molecule has 0 aliphatic rings. The summed E-state index contributed by atoms with van der Waals surface area (Å²) in [5, 5.41) is 9.98. The zero-order valence-corrected chi connectivity index (χ0v) is 10.6. The monoisotopic (exact) mass is 261 g/mol. The van der Waals surface area contributed by atoms with Crippen molar-refractivity contribution in [2.45, 2.75) is 19.9 Å². The summed E-state index contributed by atoms with van der Waals surface area (Å²) in [5.74, 6) is -0.882. The molecule has 1 rings (SSSR count). The molecule has 0 saturated carbocycles. The third-order valence-corrected chi connectivity index (χ3v) is 2.92. The van der Waals surface area contributed by atoms with Gasteiger partial charge in [-0.1, -0.05) is 23.2 Å². The summed E-state index contributed by atoms with van der Waals surface area (Å²) >= 11 is 11.8. The zero-order chi connectivity index (χ0) is 12.3. The first-order chi connectivity index (χ1) is 7.47. The third-order valence-electron chi connectivity index (χ3n) is 2.38. The van der Waals surface area contributed by atoms with Gasteiger partial charge < -0.3 is 10.0 Å². The molecule has 0 heterocycles. The average Bonchev–Trinajstić information content (AvgIpc) is 2.21. The lowest BCUT2D eigenvalue weighted by molar-refractivity contribution is -0.138. The molecular formula is C11H13Cl2NO2. The Morgan fingerprint density at radius 3 is 2.56 bits per heavy atom. The fourth-order valence-electron chi connectivity index (χ4n) is 1.50. The van der Waals surface area contributed by atoms with Crippen LogP contribution in [0.1, 0.15) is 13.8 Å². The maximum absolute atomic E-state index is 10.9. The van der Waals surface area contributed by atoms with E-state index >= 15 is 0 Å². The number of rotatable bonds is 4. The summed E-state index contributed by atoms with van der Waals surface area (Å²) in [6, 6.07) is 4.41. The fraction of sp³-hybridized carbons (Fsp3) is 0.364. The van der Waals surface area contributed by atoms with E-state index in [-0.39, 0.29) is 0 Å². The molecule has 16 heavy (non-hydrogen) atoms. The van der Waals surface area contributed by atoms with Gasteiger partial charge in [-0.2, -0.15) is 0 Å². The number of carbonyl (C=O) groups is 1. The van der Waals surface area contributed by atoms with Crippen molar-refractivity contribution in [2.75, 3.05) is 11.4 Å². The van der Waals surface area contributed by atoms with Crippen molar-refractivity contribution < 1.29 is 9.90 Å². The fourth-order valence-corrected chi connectivity index (χ4v) is 2.02. The highest BCUT2D eigenvalue weighted by Gasteiger charge is 2.21. The van der Waals surface area contributed by atoms with Crippen LogP contribution in [0.25, 0.3) is 0 Å². The van der Waals surface area contributed by atoms with Crippen molar-refractivity contribution in [1.82, 2.24) is 0 Å². The molecule has 1 unspecified atom stereocenters. The van der Waals surface area contributed by atoms with E-state index in [9.17, 15) is 4.79 Å². The lowest BCUT2D eigenvalue weighted by Crippen LogP contribution is -2.39.